The van der Waals surface area contributed by atoms with E-state index in [9.17, 15) is 4.79 Å². The van der Waals surface area contributed by atoms with E-state index in [0.717, 1.165) is 29.4 Å². The molecule has 0 aromatic carbocycles. The van der Waals surface area contributed by atoms with Crippen molar-refractivity contribution in [1.29, 1.82) is 0 Å². The highest BCUT2D eigenvalue weighted by Crippen LogP contribution is 2.45. The summed E-state index contributed by atoms with van der Waals surface area (Å²) in [4.78, 5) is 17.2. The first-order valence-electron chi connectivity index (χ1n) is 10.8. The highest BCUT2D eigenvalue weighted by Gasteiger charge is 2.30. The van der Waals surface area contributed by atoms with Crippen molar-refractivity contribution < 1.29 is 4.79 Å². The van der Waals surface area contributed by atoms with Crippen molar-refractivity contribution in [3.63, 3.8) is 0 Å². The van der Waals surface area contributed by atoms with Crippen LogP contribution in [0, 0.1) is 5.92 Å². The van der Waals surface area contributed by atoms with E-state index < -0.39 is 0 Å². The van der Waals surface area contributed by atoms with Gasteiger partial charge in [-0.25, -0.2) is 0 Å². The van der Waals surface area contributed by atoms with E-state index in [0.29, 0.717) is 17.0 Å². The van der Waals surface area contributed by atoms with Crippen molar-refractivity contribution in [2.24, 2.45) is 10.9 Å². The van der Waals surface area contributed by atoms with Gasteiger partial charge in [0.05, 0.1) is 0 Å². The lowest BCUT2D eigenvalue weighted by atomic mass is 9.80. The second kappa shape index (κ2) is 10.6. The molecule has 0 spiro atoms. The molecule has 2 aliphatic rings. The minimum absolute atomic E-state index is 0.0801. The lowest BCUT2D eigenvalue weighted by Gasteiger charge is -2.30. The number of hydrogen-bond donors (Lipinski definition) is 2. The Morgan fingerprint density at radius 1 is 1.23 bits per heavy atom. The van der Waals surface area contributed by atoms with Crippen molar-refractivity contribution in [3.05, 3.63) is 26.8 Å². The number of aromatic nitrogens is 2. The van der Waals surface area contributed by atoms with E-state index in [1.807, 2.05) is 0 Å². The van der Waals surface area contributed by atoms with Gasteiger partial charge in [-0.15, -0.1) is 10.2 Å². The van der Waals surface area contributed by atoms with Gasteiger partial charge < -0.3 is 10.6 Å². The number of rotatable bonds is 6. The molecule has 0 bridgehead atoms. The van der Waals surface area contributed by atoms with Crippen LogP contribution in [0.3, 0.4) is 0 Å². The molecular weight excluding hydrogens is 414 g/mol. The Bertz CT molecular complexity index is 865. The highest BCUT2D eigenvalue weighted by atomic mass is 32.2. The van der Waals surface area contributed by atoms with Gasteiger partial charge in [0, 0.05) is 25.6 Å². The Balaban J connectivity index is 1.72. The number of amides is 1. The number of allylic oxidation sites excluding steroid dienone is 4. The number of nitrogens with zero attached hydrogens (tertiary/aromatic N) is 3. The first-order valence-corrected chi connectivity index (χ1v) is 12.4. The smallest absolute Gasteiger partial charge is 0.222 e. The number of nitrogens with one attached hydrogen (secondary N) is 2. The van der Waals surface area contributed by atoms with Gasteiger partial charge in [-0.2, -0.15) is 0 Å². The van der Waals surface area contributed by atoms with Crippen LogP contribution in [-0.4, -0.2) is 28.3 Å². The van der Waals surface area contributed by atoms with Crippen LogP contribution >= 0.6 is 23.1 Å². The maximum atomic E-state index is 11.5. The molecule has 3 rings (SSSR count). The number of carbonyl (C=O) groups is 1. The fraction of sp³-hybridized carbons (Fsp3) is 0.636. The van der Waals surface area contributed by atoms with Gasteiger partial charge in [0.1, 0.15) is 5.01 Å². The zero-order valence-electron chi connectivity index (χ0n) is 18.7. The number of anilines is 1. The first-order chi connectivity index (χ1) is 14.4. The Morgan fingerprint density at radius 3 is 2.63 bits per heavy atom. The summed E-state index contributed by atoms with van der Waals surface area (Å²) in [6.07, 6.45) is 8.00. The fourth-order valence-corrected chi connectivity index (χ4v) is 6.00. The fourth-order valence-electron chi connectivity index (χ4n) is 3.86. The van der Waals surface area contributed by atoms with Crippen LogP contribution in [0.5, 0.6) is 0 Å². The molecule has 2 N–H and O–H groups in total. The van der Waals surface area contributed by atoms with Gasteiger partial charge >= 0.3 is 0 Å². The van der Waals surface area contributed by atoms with Crippen LogP contribution in [0.25, 0.3) is 0 Å². The molecule has 2 fully saturated rings. The van der Waals surface area contributed by atoms with Crippen molar-refractivity contribution in [2.75, 3.05) is 12.4 Å². The Kier molecular flexibility index (Phi) is 8.11. The molecule has 2 atom stereocenters. The summed E-state index contributed by atoms with van der Waals surface area (Å²) in [5.41, 5.74) is 4.12. The largest absolute Gasteiger partial charge is 0.334 e. The molecule has 1 aromatic rings. The van der Waals surface area contributed by atoms with Crippen molar-refractivity contribution in [3.8, 4) is 0 Å². The number of amidine groups is 1. The monoisotopic (exact) mass is 447 g/mol. The molecule has 0 unspecified atom stereocenters. The van der Waals surface area contributed by atoms with E-state index >= 15 is 0 Å². The maximum Gasteiger partial charge on any atom is 0.222 e. The molecule has 2 saturated carbocycles. The minimum atomic E-state index is -0.0801. The predicted octanol–water partition coefficient (Wildman–Crippen LogP) is 5.83. The van der Waals surface area contributed by atoms with Gasteiger partial charge in [0.2, 0.25) is 11.0 Å². The number of thioether (sulfide) groups is 1. The van der Waals surface area contributed by atoms with E-state index in [1.165, 1.54) is 54.4 Å². The van der Waals surface area contributed by atoms with Crippen molar-refractivity contribution in [2.45, 2.75) is 78.6 Å². The van der Waals surface area contributed by atoms with E-state index in [2.05, 4.69) is 46.6 Å². The number of hydrogen-bond acceptors (Lipinski definition) is 7. The Hall–Kier alpha value is -1.67. The third-order valence-electron chi connectivity index (χ3n) is 5.80. The van der Waals surface area contributed by atoms with Crippen LogP contribution in [0.1, 0.15) is 83.6 Å². The molecule has 1 aromatic heterocycles. The zero-order valence-corrected chi connectivity index (χ0v) is 20.3. The topological polar surface area (TPSA) is 79.3 Å². The molecular formula is C22H33N5OS2. The Morgan fingerprint density at radius 2 is 2.00 bits per heavy atom. The third-order valence-corrected chi connectivity index (χ3v) is 8.18. The lowest BCUT2D eigenvalue weighted by molar-refractivity contribution is -0.117. The summed E-state index contributed by atoms with van der Waals surface area (Å²) in [7, 11) is 1.73. The van der Waals surface area contributed by atoms with Crippen LogP contribution in [-0.2, 0) is 4.79 Å². The molecule has 0 radical (unpaired) electrons. The van der Waals surface area contributed by atoms with Gasteiger partial charge in [0.15, 0.2) is 5.17 Å². The predicted molar refractivity (Wildman–Crippen MR) is 128 cm³/mol. The van der Waals surface area contributed by atoms with Gasteiger partial charge in [-0.1, -0.05) is 47.6 Å². The lowest BCUT2D eigenvalue weighted by Crippen LogP contribution is -2.27. The molecule has 2 aliphatic carbocycles. The van der Waals surface area contributed by atoms with Crippen LogP contribution in [0.4, 0.5) is 5.13 Å². The summed E-state index contributed by atoms with van der Waals surface area (Å²) in [6.45, 7) is 8.05. The molecule has 30 heavy (non-hydrogen) atoms. The molecule has 1 heterocycles. The standard InChI is InChI=1S/C22H33N5OS2/c1-6-13(2)19(29-21(23-5)25-15(4)28)17-8-7-9-18(12-17)20-26-27-22(30-20)24-14(3)16-10-11-16/h17-18H,6-12H2,1-5H3,(H,24,27)(H,23,25,28)/b19-13+/t17-,18-/m0/s1. The number of aliphatic imine (C=N–C) groups is 1. The van der Waals surface area contributed by atoms with Gasteiger partial charge in [0.25, 0.3) is 0 Å². The molecule has 8 heteroatoms. The second-order valence-corrected chi connectivity index (χ2v) is 10.2. The molecule has 6 nitrogen and oxygen atoms in total. The molecule has 164 valence electrons. The van der Waals surface area contributed by atoms with E-state index in [-0.39, 0.29) is 5.91 Å². The van der Waals surface area contributed by atoms with Crippen molar-refractivity contribution in [1.82, 2.24) is 15.5 Å². The maximum absolute atomic E-state index is 11.5. The summed E-state index contributed by atoms with van der Waals surface area (Å²) >= 11 is 3.32. The van der Waals surface area contributed by atoms with Crippen LogP contribution < -0.4 is 10.6 Å². The molecule has 0 saturated heterocycles. The quantitative estimate of drug-likeness (QED) is 0.424. The summed E-state index contributed by atoms with van der Waals surface area (Å²) in [5, 5.41) is 17.9. The van der Waals surface area contributed by atoms with Crippen LogP contribution in [0.15, 0.2) is 26.7 Å². The summed E-state index contributed by atoms with van der Waals surface area (Å²) < 4.78 is 0. The Labute approximate surface area is 188 Å². The van der Waals surface area contributed by atoms with Crippen LogP contribution in [0.2, 0.25) is 0 Å². The number of carbonyl (C=O) groups excluding carboxylic acids is 1. The third kappa shape index (κ3) is 6.17. The normalized spacial score (nSPS) is 22.4. The average Bonchev–Trinajstić information content (AvgIpc) is 3.49. The highest BCUT2D eigenvalue weighted by molar-refractivity contribution is 8.17. The van der Waals surface area contributed by atoms with Gasteiger partial charge in [-0.3, -0.25) is 9.79 Å². The average molecular weight is 448 g/mol. The summed E-state index contributed by atoms with van der Waals surface area (Å²) in [5.74, 6) is 0.826. The molecule has 1 amide bonds. The van der Waals surface area contributed by atoms with Gasteiger partial charge in [-0.05, 0) is 63.2 Å². The zero-order chi connectivity index (χ0) is 21.7. The SMILES string of the molecule is CC/C(C)=C(/SC(=NC)NC(C)=O)[C@H]1CCC[C@H](c2nnc(NC(C)=C3CC3)s2)C1. The second-order valence-electron chi connectivity index (χ2n) is 8.17. The van der Waals surface area contributed by atoms with E-state index in [1.54, 1.807) is 30.1 Å². The first kappa shape index (κ1) is 23.0. The van der Waals surface area contributed by atoms with Crippen molar-refractivity contribution >= 4 is 39.3 Å². The van der Waals surface area contributed by atoms with E-state index in [4.69, 9.17) is 0 Å². The summed E-state index contributed by atoms with van der Waals surface area (Å²) in [6, 6.07) is 0. The molecule has 0 aliphatic heterocycles. The minimum Gasteiger partial charge on any atom is -0.334 e.